The molecule has 0 fully saturated rings. The van der Waals surface area contributed by atoms with Gasteiger partial charge in [0.15, 0.2) is 5.69 Å². The summed E-state index contributed by atoms with van der Waals surface area (Å²) >= 11 is 8.05. The summed E-state index contributed by atoms with van der Waals surface area (Å²) in [5.74, 6) is -1.08. The predicted molar refractivity (Wildman–Crippen MR) is 80.1 cm³/mol. The quantitative estimate of drug-likeness (QED) is 0.815. The highest BCUT2D eigenvalue weighted by atomic mass is 127. The fourth-order valence-electron chi connectivity index (χ4n) is 1.79. The number of rotatable bonds is 3. The average Bonchev–Trinajstić information content (AvgIpc) is 2.73. The van der Waals surface area contributed by atoms with Crippen LogP contribution in [0.3, 0.4) is 0 Å². The monoisotopic (exact) mass is 391 g/mol. The first kappa shape index (κ1) is 14.3. The second-order valence-electron chi connectivity index (χ2n) is 4.29. The van der Waals surface area contributed by atoms with E-state index in [4.69, 9.17) is 16.7 Å². The summed E-state index contributed by atoms with van der Waals surface area (Å²) in [6.07, 6.45) is 0. The van der Waals surface area contributed by atoms with Crippen LogP contribution in [0.2, 0.25) is 5.02 Å². The second-order valence-corrected chi connectivity index (χ2v) is 5.89. The van der Waals surface area contributed by atoms with Crippen molar-refractivity contribution < 1.29 is 9.90 Å². The van der Waals surface area contributed by atoms with Crippen LogP contribution in [0.4, 0.5) is 0 Å². The van der Waals surface area contributed by atoms with E-state index in [0.29, 0.717) is 10.7 Å². The molecular weight excluding hydrogens is 381 g/mol. The summed E-state index contributed by atoms with van der Waals surface area (Å²) in [6, 6.07) is 5.34. The highest BCUT2D eigenvalue weighted by Crippen LogP contribution is 2.26. The Bertz CT molecular complexity index is 640. The van der Waals surface area contributed by atoms with Crippen molar-refractivity contribution in [2.45, 2.75) is 19.8 Å². The van der Waals surface area contributed by atoms with E-state index in [9.17, 15) is 4.79 Å². The van der Waals surface area contributed by atoms with Crippen molar-refractivity contribution in [1.29, 1.82) is 0 Å². The molecule has 0 spiro atoms. The smallest absolute Gasteiger partial charge is 0.358 e. The molecule has 1 aromatic heterocycles. The van der Waals surface area contributed by atoms with Crippen LogP contribution in [0.5, 0.6) is 0 Å². The first-order valence-electron chi connectivity index (χ1n) is 5.56. The molecule has 0 atom stereocenters. The molecule has 100 valence electrons. The van der Waals surface area contributed by atoms with Gasteiger partial charge < -0.3 is 5.11 Å². The van der Waals surface area contributed by atoms with Gasteiger partial charge >= 0.3 is 5.97 Å². The molecule has 7 heteroatoms. The van der Waals surface area contributed by atoms with Crippen molar-refractivity contribution >= 4 is 40.2 Å². The van der Waals surface area contributed by atoms with Crippen LogP contribution in [0.1, 0.15) is 35.9 Å². The fraction of sp³-hybridized carbons (Fsp3) is 0.250. The van der Waals surface area contributed by atoms with E-state index in [-0.39, 0.29) is 11.6 Å². The molecular formula is C12H11ClIN3O2. The molecule has 0 aliphatic heterocycles. The molecule has 0 unspecified atom stereocenters. The molecule has 1 N–H and O–H groups in total. The molecule has 0 aliphatic rings. The van der Waals surface area contributed by atoms with Crippen LogP contribution in [0, 0.1) is 3.57 Å². The molecule has 2 rings (SSSR count). The minimum atomic E-state index is -1.07. The van der Waals surface area contributed by atoms with Gasteiger partial charge in [0.2, 0.25) is 0 Å². The van der Waals surface area contributed by atoms with E-state index < -0.39 is 5.97 Å². The summed E-state index contributed by atoms with van der Waals surface area (Å²) < 4.78 is 2.44. The Morgan fingerprint density at radius 1 is 1.47 bits per heavy atom. The zero-order chi connectivity index (χ0) is 14.2. The number of hydrogen-bond acceptors (Lipinski definition) is 3. The van der Waals surface area contributed by atoms with Crippen molar-refractivity contribution in [3.63, 3.8) is 0 Å². The molecule has 0 saturated heterocycles. The van der Waals surface area contributed by atoms with Gasteiger partial charge in [0.1, 0.15) is 0 Å². The van der Waals surface area contributed by atoms with Crippen LogP contribution >= 0.6 is 34.2 Å². The SMILES string of the molecule is CC(C)c1c(C(=O)O)nnn1-c1ccc(Cl)cc1I. The van der Waals surface area contributed by atoms with Crippen molar-refractivity contribution in [3.8, 4) is 5.69 Å². The zero-order valence-corrected chi connectivity index (χ0v) is 13.2. The van der Waals surface area contributed by atoms with Crippen LogP contribution in [0.15, 0.2) is 18.2 Å². The molecule has 1 aromatic carbocycles. The molecule has 5 nitrogen and oxygen atoms in total. The van der Waals surface area contributed by atoms with Crippen LogP contribution in [-0.2, 0) is 0 Å². The molecule has 0 amide bonds. The summed E-state index contributed by atoms with van der Waals surface area (Å²) in [5, 5.41) is 17.5. The largest absolute Gasteiger partial charge is 0.476 e. The van der Waals surface area contributed by atoms with Gasteiger partial charge in [-0.15, -0.1) is 5.10 Å². The Morgan fingerprint density at radius 3 is 2.68 bits per heavy atom. The summed E-state index contributed by atoms with van der Waals surface area (Å²) in [5.41, 5.74) is 1.34. The molecule has 0 aliphatic carbocycles. The van der Waals surface area contributed by atoms with E-state index in [0.717, 1.165) is 9.26 Å². The summed E-state index contributed by atoms with van der Waals surface area (Å²) in [7, 11) is 0. The number of aromatic nitrogens is 3. The Labute approximate surface area is 128 Å². The normalized spacial score (nSPS) is 11.0. The number of carbonyl (C=O) groups is 1. The molecule has 19 heavy (non-hydrogen) atoms. The van der Waals surface area contributed by atoms with Crippen molar-refractivity contribution in [2.75, 3.05) is 0 Å². The van der Waals surface area contributed by atoms with Crippen molar-refractivity contribution in [2.24, 2.45) is 0 Å². The third kappa shape index (κ3) is 2.74. The number of benzene rings is 1. The molecule has 1 heterocycles. The van der Waals surface area contributed by atoms with Crippen LogP contribution in [0.25, 0.3) is 5.69 Å². The zero-order valence-electron chi connectivity index (χ0n) is 10.3. The van der Waals surface area contributed by atoms with Gasteiger partial charge in [-0.25, -0.2) is 9.48 Å². The number of carboxylic acids is 1. The first-order valence-corrected chi connectivity index (χ1v) is 7.01. The topological polar surface area (TPSA) is 68.0 Å². The minimum absolute atomic E-state index is 0.00687. The third-order valence-electron chi connectivity index (χ3n) is 2.59. The van der Waals surface area contributed by atoms with Gasteiger partial charge in [-0.1, -0.05) is 30.7 Å². The van der Waals surface area contributed by atoms with E-state index >= 15 is 0 Å². The van der Waals surface area contributed by atoms with Crippen molar-refractivity contribution in [3.05, 3.63) is 38.2 Å². The Balaban J connectivity index is 2.65. The van der Waals surface area contributed by atoms with Crippen molar-refractivity contribution in [1.82, 2.24) is 15.0 Å². The number of aromatic carboxylic acids is 1. The van der Waals surface area contributed by atoms with Gasteiger partial charge in [0.25, 0.3) is 0 Å². The van der Waals surface area contributed by atoms with Gasteiger partial charge in [0.05, 0.1) is 11.4 Å². The predicted octanol–water partition coefficient (Wildman–Crippen LogP) is 3.35. The average molecular weight is 392 g/mol. The van der Waals surface area contributed by atoms with E-state index in [1.54, 1.807) is 22.9 Å². The lowest BCUT2D eigenvalue weighted by molar-refractivity contribution is 0.0688. The fourth-order valence-corrected chi connectivity index (χ4v) is 2.89. The van der Waals surface area contributed by atoms with E-state index in [1.165, 1.54) is 0 Å². The number of carboxylic acid groups (broad SMARTS) is 1. The first-order chi connectivity index (χ1) is 8.91. The Morgan fingerprint density at radius 2 is 2.16 bits per heavy atom. The highest BCUT2D eigenvalue weighted by molar-refractivity contribution is 14.1. The molecule has 0 saturated carbocycles. The Kier molecular flexibility index (Phi) is 4.10. The molecule has 0 radical (unpaired) electrons. The minimum Gasteiger partial charge on any atom is -0.476 e. The standard InChI is InChI=1S/C12H11ClIN3O2/c1-6(2)11-10(12(18)19)15-16-17(11)9-4-3-7(13)5-8(9)14/h3-6H,1-2H3,(H,18,19). The lowest BCUT2D eigenvalue weighted by atomic mass is 10.1. The maximum Gasteiger partial charge on any atom is 0.358 e. The molecule has 0 bridgehead atoms. The van der Waals surface area contributed by atoms with Gasteiger partial charge in [-0.05, 0) is 46.7 Å². The maximum atomic E-state index is 11.2. The number of nitrogens with zero attached hydrogens (tertiary/aromatic N) is 3. The number of halogens is 2. The van der Waals surface area contributed by atoms with Gasteiger partial charge in [-0.3, -0.25) is 0 Å². The van der Waals surface area contributed by atoms with Crippen LogP contribution < -0.4 is 0 Å². The summed E-state index contributed by atoms with van der Waals surface area (Å²) in [4.78, 5) is 11.2. The van der Waals surface area contributed by atoms with Gasteiger partial charge in [0, 0.05) is 8.59 Å². The van der Waals surface area contributed by atoms with Gasteiger partial charge in [-0.2, -0.15) is 0 Å². The second kappa shape index (κ2) is 5.46. The van der Waals surface area contributed by atoms with E-state index in [2.05, 4.69) is 32.9 Å². The third-order valence-corrected chi connectivity index (χ3v) is 3.69. The van der Waals surface area contributed by atoms with Crippen LogP contribution in [-0.4, -0.2) is 26.1 Å². The lowest BCUT2D eigenvalue weighted by Gasteiger charge is -2.11. The maximum absolute atomic E-state index is 11.2. The molecule has 2 aromatic rings. The number of hydrogen-bond donors (Lipinski definition) is 1. The van der Waals surface area contributed by atoms with E-state index in [1.807, 2.05) is 13.8 Å². The summed E-state index contributed by atoms with van der Waals surface area (Å²) in [6.45, 7) is 3.81. The Hall–Kier alpha value is -1.15. The lowest BCUT2D eigenvalue weighted by Crippen LogP contribution is -2.09. The highest BCUT2D eigenvalue weighted by Gasteiger charge is 2.23.